The number of hydrogen-bond acceptors (Lipinski definition) is 5. The van der Waals surface area contributed by atoms with Crippen LogP contribution in [0.4, 0.5) is 8.78 Å². The van der Waals surface area contributed by atoms with Gasteiger partial charge in [-0.05, 0) is 62.8 Å². The predicted octanol–water partition coefficient (Wildman–Crippen LogP) is 4.09. The molecule has 0 saturated carbocycles. The van der Waals surface area contributed by atoms with E-state index >= 15 is 0 Å². The molecule has 7 nitrogen and oxygen atoms in total. The van der Waals surface area contributed by atoms with E-state index in [1.165, 1.54) is 29.4 Å². The van der Waals surface area contributed by atoms with Crippen molar-refractivity contribution in [2.24, 2.45) is 11.8 Å². The van der Waals surface area contributed by atoms with E-state index in [1.807, 2.05) is 4.90 Å². The largest absolute Gasteiger partial charge is 0.355 e. The van der Waals surface area contributed by atoms with Crippen LogP contribution in [0, 0.1) is 30.4 Å². The van der Waals surface area contributed by atoms with Gasteiger partial charge in [-0.15, -0.1) is 0 Å². The summed E-state index contributed by atoms with van der Waals surface area (Å²) in [5.74, 6) is -0.927. The van der Waals surface area contributed by atoms with Crippen LogP contribution in [0.15, 0.2) is 27.6 Å². The fourth-order valence-corrected chi connectivity index (χ4v) is 6.28. The highest BCUT2D eigenvalue weighted by atomic mass is 32.2. The minimum Gasteiger partial charge on any atom is -0.355 e. The van der Waals surface area contributed by atoms with Gasteiger partial charge in [-0.3, -0.25) is 4.79 Å². The minimum atomic E-state index is -3.94. The van der Waals surface area contributed by atoms with Gasteiger partial charge in [-0.25, -0.2) is 17.2 Å². The van der Waals surface area contributed by atoms with Crippen LogP contribution < -0.4 is 0 Å². The number of carbonyl (C=O) groups excluding carboxylic acids is 1. The van der Waals surface area contributed by atoms with Crippen molar-refractivity contribution in [2.75, 3.05) is 26.2 Å². The van der Waals surface area contributed by atoms with E-state index in [9.17, 15) is 22.0 Å². The van der Waals surface area contributed by atoms with E-state index in [-0.39, 0.29) is 46.8 Å². The molecule has 34 heavy (non-hydrogen) atoms. The Hall–Kier alpha value is -2.59. The summed E-state index contributed by atoms with van der Waals surface area (Å²) in [6, 6.07) is 3.12. The average Bonchev–Trinajstić information content (AvgIpc) is 3.19. The van der Waals surface area contributed by atoms with Crippen molar-refractivity contribution >= 4 is 28.1 Å². The molecule has 1 aromatic heterocycles. The van der Waals surface area contributed by atoms with Gasteiger partial charge in [-0.2, -0.15) is 4.31 Å². The smallest absolute Gasteiger partial charge is 0.248 e. The molecule has 0 N–H and O–H groups in total. The van der Waals surface area contributed by atoms with Crippen LogP contribution in [-0.2, 0) is 14.8 Å². The fraction of sp³-hybridized carbons (Fsp3) is 0.500. The zero-order chi connectivity index (χ0) is 24.5. The summed E-state index contributed by atoms with van der Waals surface area (Å²) in [4.78, 5) is 14.7. The lowest BCUT2D eigenvalue weighted by molar-refractivity contribution is -0.138. The molecule has 2 fully saturated rings. The Balaban J connectivity index is 1.46. The maximum absolute atomic E-state index is 13.9. The number of sulfonamides is 1. The molecule has 3 heterocycles. The Morgan fingerprint density at radius 1 is 1.09 bits per heavy atom. The summed E-state index contributed by atoms with van der Waals surface area (Å²) in [5.41, 5.74) is 0.282. The SMILES string of the molecule is Cc1noc(/C=C/c2ccc(F)cc2F)c1S(=O)(=O)N1CCC(C(=O)N2CCC(C)CC2)CC1. The second kappa shape index (κ2) is 9.95. The summed E-state index contributed by atoms with van der Waals surface area (Å²) in [6.45, 7) is 5.70. The van der Waals surface area contributed by atoms with Crippen LogP contribution in [0.3, 0.4) is 0 Å². The van der Waals surface area contributed by atoms with Crippen LogP contribution in [0.25, 0.3) is 12.2 Å². The minimum absolute atomic E-state index is 0.0261. The lowest BCUT2D eigenvalue weighted by atomic mass is 9.93. The predicted molar refractivity (Wildman–Crippen MR) is 123 cm³/mol. The number of rotatable bonds is 5. The van der Waals surface area contributed by atoms with Crippen LogP contribution in [0.5, 0.6) is 0 Å². The Labute approximate surface area is 198 Å². The van der Waals surface area contributed by atoms with Crippen molar-refractivity contribution in [2.45, 2.75) is 44.4 Å². The van der Waals surface area contributed by atoms with Crippen LogP contribution in [-0.4, -0.2) is 54.9 Å². The van der Waals surface area contributed by atoms with Gasteiger partial charge in [0, 0.05) is 43.7 Å². The third kappa shape index (κ3) is 5.07. The summed E-state index contributed by atoms with van der Waals surface area (Å²) in [6.07, 6.45) is 5.56. The molecule has 0 aliphatic carbocycles. The Morgan fingerprint density at radius 2 is 1.76 bits per heavy atom. The van der Waals surface area contributed by atoms with E-state index in [0.29, 0.717) is 18.8 Å². The quantitative estimate of drug-likeness (QED) is 0.627. The molecule has 2 saturated heterocycles. The van der Waals surface area contributed by atoms with Gasteiger partial charge in [0.15, 0.2) is 10.7 Å². The van der Waals surface area contributed by atoms with E-state index < -0.39 is 21.7 Å². The van der Waals surface area contributed by atoms with E-state index in [1.54, 1.807) is 0 Å². The van der Waals surface area contributed by atoms with E-state index in [0.717, 1.165) is 38.1 Å². The van der Waals surface area contributed by atoms with Crippen LogP contribution in [0.2, 0.25) is 0 Å². The van der Waals surface area contributed by atoms with Gasteiger partial charge >= 0.3 is 0 Å². The normalized spacial score (nSPS) is 19.2. The fourth-order valence-electron chi connectivity index (χ4n) is 4.56. The second-order valence-corrected chi connectivity index (χ2v) is 11.0. The van der Waals surface area contributed by atoms with Gasteiger partial charge in [0.05, 0.1) is 0 Å². The molecule has 0 atom stereocenters. The molecule has 1 amide bonds. The highest BCUT2D eigenvalue weighted by Crippen LogP contribution is 2.30. The molecule has 0 bridgehead atoms. The highest BCUT2D eigenvalue weighted by Gasteiger charge is 2.37. The van der Waals surface area contributed by atoms with Crippen LogP contribution >= 0.6 is 0 Å². The Kier molecular flexibility index (Phi) is 7.18. The Morgan fingerprint density at radius 3 is 2.41 bits per heavy atom. The number of benzene rings is 1. The first-order valence-corrected chi connectivity index (χ1v) is 13.0. The van der Waals surface area contributed by atoms with Gasteiger partial charge in [0.25, 0.3) is 0 Å². The molecule has 184 valence electrons. The van der Waals surface area contributed by atoms with Crippen molar-refractivity contribution in [3.63, 3.8) is 0 Å². The standard InChI is InChI=1S/C24H29F2N3O4S/c1-16-7-11-28(12-8-16)24(30)19-9-13-29(14-10-19)34(31,32)23-17(2)27-33-22(23)6-4-18-3-5-20(25)15-21(18)26/h3-6,15-16,19H,7-14H2,1-2H3/b6-4+. The number of carbonyl (C=O) groups is 1. The number of nitrogens with zero attached hydrogens (tertiary/aromatic N) is 3. The molecular weight excluding hydrogens is 464 g/mol. The summed E-state index contributed by atoms with van der Waals surface area (Å²) < 4.78 is 60.4. The van der Waals surface area contributed by atoms with E-state index in [2.05, 4.69) is 12.1 Å². The molecule has 2 aliphatic rings. The number of aromatic nitrogens is 1. The molecule has 0 spiro atoms. The van der Waals surface area contributed by atoms with Crippen molar-refractivity contribution < 1.29 is 26.5 Å². The number of aryl methyl sites for hydroxylation is 1. The lowest BCUT2D eigenvalue weighted by Crippen LogP contribution is -2.46. The van der Waals surface area contributed by atoms with Gasteiger partial charge in [-0.1, -0.05) is 12.1 Å². The third-order valence-electron chi connectivity index (χ3n) is 6.71. The molecular formula is C24H29F2N3O4S. The third-order valence-corrected chi connectivity index (χ3v) is 8.76. The van der Waals surface area contributed by atoms with Crippen molar-refractivity contribution in [1.29, 1.82) is 0 Å². The number of likely N-dealkylation sites (tertiary alicyclic amines) is 1. The maximum atomic E-state index is 13.9. The molecule has 0 radical (unpaired) electrons. The number of halogens is 2. The van der Waals surface area contributed by atoms with Crippen LogP contribution in [0.1, 0.15) is 49.6 Å². The monoisotopic (exact) mass is 493 g/mol. The van der Waals surface area contributed by atoms with Gasteiger partial charge < -0.3 is 9.42 Å². The molecule has 10 heteroatoms. The highest BCUT2D eigenvalue weighted by molar-refractivity contribution is 7.89. The van der Waals surface area contributed by atoms with E-state index in [4.69, 9.17) is 4.52 Å². The lowest BCUT2D eigenvalue weighted by Gasteiger charge is -2.36. The molecule has 0 unspecified atom stereocenters. The molecule has 1 aromatic carbocycles. The zero-order valence-corrected chi connectivity index (χ0v) is 20.2. The first kappa shape index (κ1) is 24.5. The Bertz CT molecular complexity index is 1180. The first-order valence-electron chi connectivity index (χ1n) is 11.5. The second-order valence-electron chi connectivity index (χ2n) is 9.15. The summed E-state index contributed by atoms with van der Waals surface area (Å²) >= 11 is 0. The maximum Gasteiger partial charge on any atom is 0.248 e. The number of piperidine rings is 2. The number of amides is 1. The van der Waals surface area contributed by atoms with Gasteiger partial charge in [0.1, 0.15) is 17.3 Å². The van der Waals surface area contributed by atoms with Gasteiger partial charge in [0.2, 0.25) is 15.9 Å². The first-order chi connectivity index (χ1) is 16.2. The summed E-state index contributed by atoms with van der Waals surface area (Å²) in [5, 5.41) is 3.79. The summed E-state index contributed by atoms with van der Waals surface area (Å²) in [7, 11) is -3.94. The molecule has 2 aliphatic heterocycles. The van der Waals surface area contributed by atoms with Crippen molar-refractivity contribution in [3.8, 4) is 0 Å². The molecule has 4 rings (SSSR count). The topological polar surface area (TPSA) is 83.7 Å². The zero-order valence-electron chi connectivity index (χ0n) is 19.3. The molecule has 2 aromatic rings. The number of hydrogen-bond donors (Lipinski definition) is 0. The van der Waals surface area contributed by atoms with Crippen molar-refractivity contribution in [1.82, 2.24) is 14.4 Å². The average molecular weight is 494 g/mol. The van der Waals surface area contributed by atoms with Crippen molar-refractivity contribution in [3.05, 3.63) is 46.9 Å².